The minimum Gasteiger partial charge on any atom is -0.309 e. The highest BCUT2D eigenvalue weighted by molar-refractivity contribution is 9.11. The molecule has 0 spiro atoms. The molecule has 0 saturated carbocycles. The Bertz CT molecular complexity index is 609. The molecule has 0 radical (unpaired) electrons. The van der Waals surface area contributed by atoms with E-state index in [0.29, 0.717) is 5.56 Å². The first-order chi connectivity index (χ1) is 9.32. The molecule has 2 aromatic rings. The van der Waals surface area contributed by atoms with Gasteiger partial charge in [0, 0.05) is 0 Å². The standard InChI is InChI=1S/C13H10BrF4NS/c1-19-12(8-5-11(14)20-6-8)7-2-3-10(15)9(4-7)13(16,17)18/h2-6,12,19H,1H3. The number of rotatable bonds is 3. The van der Waals surface area contributed by atoms with Gasteiger partial charge in [-0.3, -0.25) is 0 Å². The van der Waals surface area contributed by atoms with E-state index in [0.717, 1.165) is 21.5 Å². The Labute approximate surface area is 125 Å². The fraction of sp³-hybridized carbons (Fsp3) is 0.231. The molecule has 0 aliphatic rings. The van der Waals surface area contributed by atoms with Gasteiger partial charge in [-0.25, -0.2) is 4.39 Å². The topological polar surface area (TPSA) is 12.0 Å². The minimum atomic E-state index is -4.70. The van der Waals surface area contributed by atoms with E-state index in [-0.39, 0.29) is 0 Å². The smallest absolute Gasteiger partial charge is 0.309 e. The van der Waals surface area contributed by atoms with Crippen LogP contribution in [0.15, 0.2) is 33.4 Å². The van der Waals surface area contributed by atoms with Gasteiger partial charge in [0.1, 0.15) is 5.82 Å². The minimum absolute atomic E-state index is 0.367. The van der Waals surface area contributed by atoms with Crippen LogP contribution in [-0.4, -0.2) is 7.05 Å². The van der Waals surface area contributed by atoms with Crippen molar-refractivity contribution < 1.29 is 17.6 Å². The molecule has 1 aromatic carbocycles. The Morgan fingerprint density at radius 2 is 1.90 bits per heavy atom. The van der Waals surface area contributed by atoms with Crippen molar-refractivity contribution in [2.45, 2.75) is 12.2 Å². The summed E-state index contributed by atoms with van der Waals surface area (Å²) < 4.78 is 52.4. The first-order valence-electron chi connectivity index (χ1n) is 5.60. The van der Waals surface area contributed by atoms with Crippen LogP contribution in [0.1, 0.15) is 22.7 Å². The number of thiophene rings is 1. The Hall–Kier alpha value is -0.920. The molecule has 1 heterocycles. The number of benzene rings is 1. The maximum Gasteiger partial charge on any atom is 0.419 e. The van der Waals surface area contributed by atoms with Crippen molar-refractivity contribution in [1.82, 2.24) is 5.32 Å². The van der Waals surface area contributed by atoms with Crippen LogP contribution in [0.25, 0.3) is 0 Å². The van der Waals surface area contributed by atoms with Crippen molar-refractivity contribution in [3.8, 4) is 0 Å². The molecule has 1 atom stereocenters. The summed E-state index contributed by atoms with van der Waals surface area (Å²) in [5, 5.41) is 4.78. The molecule has 0 amide bonds. The van der Waals surface area contributed by atoms with Crippen molar-refractivity contribution >= 4 is 27.3 Å². The van der Waals surface area contributed by atoms with Crippen LogP contribution in [0.5, 0.6) is 0 Å². The molecular weight excluding hydrogens is 358 g/mol. The van der Waals surface area contributed by atoms with Gasteiger partial charge in [0.15, 0.2) is 0 Å². The summed E-state index contributed by atoms with van der Waals surface area (Å²) in [5.41, 5.74) is -0.0554. The normalized spacial score (nSPS) is 13.5. The highest BCUT2D eigenvalue weighted by atomic mass is 79.9. The van der Waals surface area contributed by atoms with E-state index < -0.39 is 23.6 Å². The molecule has 0 bridgehead atoms. The van der Waals surface area contributed by atoms with E-state index in [1.807, 2.05) is 11.4 Å². The summed E-state index contributed by atoms with van der Waals surface area (Å²) in [6.07, 6.45) is -4.70. The van der Waals surface area contributed by atoms with E-state index in [1.54, 1.807) is 7.05 Å². The van der Waals surface area contributed by atoms with Crippen LogP contribution in [0.2, 0.25) is 0 Å². The van der Waals surface area contributed by atoms with Crippen LogP contribution < -0.4 is 5.32 Å². The van der Waals surface area contributed by atoms with Gasteiger partial charge in [0.05, 0.1) is 15.4 Å². The molecule has 20 heavy (non-hydrogen) atoms. The van der Waals surface area contributed by atoms with Gasteiger partial charge in [-0.05, 0) is 57.7 Å². The molecule has 1 aromatic heterocycles. The van der Waals surface area contributed by atoms with Gasteiger partial charge in [-0.1, -0.05) is 6.07 Å². The number of nitrogens with one attached hydrogen (secondary N) is 1. The number of halogens is 5. The SMILES string of the molecule is CNC(c1csc(Br)c1)c1ccc(F)c(C(F)(F)F)c1. The lowest BCUT2D eigenvalue weighted by atomic mass is 9.99. The molecule has 7 heteroatoms. The van der Waals surface area contributed by atoms with Crippen LogP contribution in [0.3, 0.4) is 0 Å². The largest absolute Gasteiger partial charge is 0.419 e. The van der Waals surface area contributed by atoms with E-state index in [9.17, 15) is 17.6 Å². The van der Waals surface area contributed by atoms with E-state index >= 15 is 0 Å². The highest BCUT2D eigenvalue weighted by Crippen LogP contribution is 2.35. The highest BCUT2D eigenvalue weighted by Gasteiger charge is 2.34. The molecule has 1 nitrogen and oxygen atoms in total. The van der Waals surface area contributed by atoms with Gasteiger partial charge in [-0.2, -0.15) is 13.2 Å². The van der Waals surface area contributed by atoms with Crippen molar-refractivity contribution in [2.24, 2.45) is 0 Å². The molecule has 2 rings (SSSR count). The quantitative estimate of drug-likeness (QED) is 0.754. The fourth-order valence-electron chi connectivity index (χ4n) is 1.94. The van der Waals surface area contributed by atoms with Crippen molar-refractivity contribution in [1.29, 1.82) is 0 Å². The lowest BCUT2D eigenvalue weighted by molar-refractivity contribution is -0.140. The third kappa shape index (κ3) is 3.21. The molecular formula is C13H10BrF4NS. The molecule has 1 N–H and O–H groups in total. The fourth-order valence-corrected chi connectivity index (χ4v) is 3.14. The summed E-state index contributed by atoms with van der Waals surface area (Å²) in [4.78, 5) is 0. The van der Waals surface area contributed by atoms with E-state index in [4.69, 9.17) is 0 Å². The van der Waals surface area contributed by atoms with Crippen LogP contribution in [0.4, 0.5) is 17.6 Å². The second-order valence-electron chi connectivity index (χ2n) is 4.14. The van der Waals surface area contributed by atoms with Gasteiger partial charge >= 0.3 is 6.18 Å². The zero-order valence-electron chi connectivity index (χ0n) is 10.3. The second kappa shape index (κ2) is 5.83. The Morgan fingerprint density at radius 3 is 2.40 bits per heavy atom. The van der Waals surface area contributed by atoms with Crippen molar-refractivity contribution in [2.75, 3.05) is 7.05 Å². The molecule has 0 aliphatic carbocycles. The average molecular weight is 368 g/mol. The Balaban J connectivity index is 2.46. The first-order valence-corrected chi connectivity index (χ1v) is 7.28. The third-order valence-corrected chi connectivity index (χ3v) is 4.36. The number of hydrogen-bond donors (Lipinski definition) is 1. The number of hydrogen-bond acceptors (Lipinski definition) is 2. The second-order valence-corrected chi connectivity index (χ2v) is 6.43. The zero-order valence-corrected chi connectivity index (χ0v) is 12.7. The van der Waals surface area contributed by atoms with E-state index in [1.165, 1.54) is 17.4 Å². The van der Waals surface area contributed by atoms with Gasteiger partial charge < -0.3 is 5.32 Å². The van der Waals surface area contributed by atoms with Gasteiger partial charge in [-0.15, -0.1) is 11.3 Å². The lowest BCUT2D eigenvalue weighted by Crippen LogP contribution is -2.18. The van der Waals surface area contributed by atoms with Gasteiger partial charge in [0.25, 0.3) is 0 Å². The maximum absolute atomic E-state index is 13.3. The maximum atomic E-state index is 13.3. The Kier molecular flexibility index (Phi) is 4.51. The third-order valence-electron chi connectivity index (χ3n) is 2.84. The zero-order chi connectivity index (χ0) is 14.9. The summed E-state index contributed by atoms with van der Waals surface area (Å²) in [6, 6.07) is 4.46. The summed E-state index contributed by atoms with van der Waals surface area (Å²) in [6.45, 7) is 0. The molecule has 108 valence electrons. The molecule has 0 fully saturated rings. The monoisotopic (exact) mass is 367 g/mol. The van der Waals surface area contributed by atoms with Crippen LogP contribution >= 0.6 is 27.3 Å². The predicted octanol–water partition coefficient (Wildman–Crippen LogP) is 4.98. The average Bonchev–Trinajstić information content (AvgIpc) is 2.77. The van der Waals surface area contributed by atoms with E-state index in [2.05, 4.69) is 21.2 Å². The summed E-state index contributed by atoms with van der Waals surface area (Å²) in [5.74, 6) is -1.26. The molecule has 0 aliphatic heterocycles. The molecule has 1 unspecified atom stereocenters. The number of alkyl halides is 3. The summed E-state index contributed by atoms with van der Waals surface area (Å²) >= 11 is 4.75. The molecule has 0 saturated heterocycles. The summed E-state index contributed by atoms with van der Waals surface area (Å²) in [7, 11) is 1.65. The van der Waals surface area contributed by atoms with Crippen molar-refractivity contribution in [3.63, 3.8) is 0 Å². The lowest BCUT2D eigenvalue weighted by Gasteiger charge is -2.17. The van der Waals surface area contributed by atoms with Crippen LogP contribution in [-0.2, 0) is 6.18 Å². The predicted molar refractivity (Wildman–Crippen MR) is 74.3 cm³/mol. The van der Waals surface area contributed by atoms with Crippen LogP contribution in [0, 0.1) is 5.82 Å². The van der Waals surface area contributed by atoms with Crippen molar-refractivity contribution in [3.05, 3.63) is 55.9 Å². The first kappa shape index (κ1) is 15.5. The van der Waals surface area contributed by atoms with Gasteiger partial charge in [0.2, 0.25) is 0 Å². The Morgan fingerprint density at radius 1 is 1.20 bits per heavy atom.